The predicted molar refractivity (Wildman–Crippen MR) is 93.8 cm³/mol. The van der Waals surface area contributed by atoms with Crippen LogP contribution in [-0.2, 0) is 0 Å². The Morgan fingerprint density at radius 3 is 2.23 bits per heavy atom. The molecular weight excluding hydrogens is 272 g/mol. The zero-order chi connectivity index (χ0) is 15.8. The van der Waals surface area contributed by atoms with E-state index in [0.29, 0.717) is 6.04 Å². The second kappa shape index (κ2) is 9.57. The lowest BCUT2D eigenvalue weighted by molar-refractivity contribution is 0.136. The lowest BCUT2D eigenvalue weighted by Gasteiger charge is -2.32. The molecule has 0 aliphatic heterocycles. The van der Waals surface area contributed by atoms with Gasteiger partial charge in [-0.25, -0.2) is 0 Å². The summed E-state index contributed by atoms with van der Waals surface area (Å²) in [6, 6.07) is 0.717. The van der Waals surface area contributed by atoms with Gasteiger partial charge in [-0.05, 0) is 38.0 Å². The Kier molecular flexibility index (Phi) is 7.74. The molecule has 0 bridgehead atoms. The Balaban J connectivity index is 1.73. The van der Waals surface area contributed by atoms with Crippen molar-refractivity contribution in [2.45, 2.75) is 95.7 Å². The van der Waals surface area contributed by atoms with E-state index in [1.54, 1.807) is 0 Å². The highest BCUT2D eigenvalue weighted by molar-refractivity contribution is 5.04. The average molecular weight is 309 g/mol. The number of hydrogen-bond donors (Lipinski definition) is 3. The summed E-state index contributed by atoms with van der Waals surface area (Å²) < 4.78 is 0. The molecule has 2 fully saturated rings. The number of aliphatic hydroxyl groups is 1. The van der Waals surface area contributed by atoms with E-state index in [0.717, 1.165) is 24.6 Å². The van der Waals surface area contributed by atoms with Gasteiger partial charge in [0, 0.05) is 24.3 Å². The predicted octanol–water partition coefficient (Wildman–Crippen LogP) is 3.73. The minimum Gasteiger partial charge on any atom is -0.386 e. The van der Waals surface area contributed by atoms with Crippen molar-refractivity contribution in [2.75, 3.05) is 6.54 Å². The Morgan fingerprint density at radius 2 is 1.64 bits per heavy atom. The molecule has 0 radical (unpaired) electrons. The highest BCUT2D eigenvalue weighted by Crippen LogP contribution is 2.23. The van der Waals surface area contributed by atoms with Gasteiger partial charge in [0.2, 0.25) is 0 Å². The highest BCUT2D eigenvalue weighted by atomic mass is 16.3. The Morgan fingerprint density at radius 1 is 1.05 bits per heavy atom. The molecule has 3 N–H and O–H groups in total. The van der Waals surface area contributed by atoms with Crippen molar-refractivity contribution < 1.29 is 5.11 Å². The van der Waals surface area contributed by atoms with Crippen molar-refractivity contribution in [1.29, 1.82) is 0 Å². The van der Waals surface area contributed by atoms with Crippen LogP contribution in [0.3, 0.4) is 0 Å². The minimum atomic E-state index is -0.476. The Labute approximate surface area is 137 Å². The van der Waals surface area contributed by atoms with E-state index in [-0.39, 0.29) is 6.04 Å². The maximum Gasteiger partial charge on any atom is 0.108 e. The van der Waals surface area contributed by atoms with Crippen molar-refractivity contribution in [3.05, 3.63) is 12.3 Å². The maximum absolute atomic E-state index is 10.6. The first-order chi connectivity index (χ1) is 10.7. The van der Waals surface area contributed by atoms with E-state index in [2.05, 4.69) is 24.1 Å². The van der Waals surface area contributed by atoms with E-state index < -0.39 is 6.10 Å². The van der Waals surface area contributed by atoms with Gasteiger partial charge in [0.1, 0.15) is 6.10 Å². The van der Waals surface area contributed by atoms with Crippen LogP contribution < -0.4 is 10.6 Å². The van der Waals surface area contributed by atoms with Gasteiger partial charge in [-0.3, -0.25) is 0 Å². The van der Waals surface area contributed by atoms with E-state index in [1.807, 2.05) is 0 Å². The normalized spacial score (nSPS) is 23.9. The molecule has 2 aliphatic rings. The van der Waals surface area contributed by atoms with Gasteiger partial charge < -0.3 is 15.7 Å². The summed E-state index contributed by atoms with van der Waals surface area (Å²) in [5.41, 5.74) is 0.806. The fourth-order valence-corrected chi connectivity index (χ4v) is 4.02. The molecule has 0 aromatic rings. The lowest BCUT2D eigenvalue weighted by Crippen LogP contribution is -2.48. The fourth-order valence-electron chi connectivity index (χ4n) is 4.02. The zero-order valence-corrected chi connectivity index (χ0v) is 14.4. The molecule has 2 unspecified atom stereocenters. The van der Waals surface area contributed by atoms with Gasteiger partial charge in [0.25, 0.3) is 0 Å². The first-order valence-corrected chi connectivity index (χ1v) is 9.57. The smallest absolute Gasteiger partial charge is 0.108 e. The van der Waals surface area contributed by atoms with Crippen molar-refractivity contribution in [3.63, 3.8) is 0 Å². The molecule has 2 saturated carbocycles. The van der Waals surface area contributed by atoms with Crippen molar-refractivity contribution in [2.24, 2.45) is 5.92 Å². The van der Waals surface area contributed by atoms with Crippen LogP contribution in [0.4, 0.5) is 0 Å². The summed E-state index contributed by atoms with van der Waals surface area (Å²) in [7, 11) is 0. The molecule has 2 aliphatic carbocycles. The van der Waals surface area contributed by atoms with Crippen LogP contribution in [0.25, 0.3) is 0 Å². The quantitative estimate of drug-likeness (QED) is 0.640. The average Bonchev–Trinajstić information content (AvgIpc) is 2.58. The summed E-state index contributed by atoms with van der Waals surface area (Å²) in [4.78, 5) is 0. The van der Waals surface area contributed by atoms with Crippen molar-refractivity contribution in [3.8, 4) is 0 Å². The third kappa shape index (κ3) is 5.58. The van der Waals surface area contributed by atoms with Crippen LogP contribution in [0.5, 0.6) is 0 Å². The van der Waals surface area contributed by atoms with Gasteiger partial charge in [0.05, 0.1) is 0 Å². The SMILES string of the molecule is C=C(NCC1CCCCC1)C(O)C(CC)NC1CCCCC1. The highest BCUT2D eigenvalue weighted by Gasteiger charge is 2.24. The molecular formula is C19H36N2O. The van der Waals surface area contributed by atoms with Crippen LogP contribution in [0.1, 0.15) is 77.6 Å². The largest absolute Gasteiger partial charge is 0.386 e. The van der Waals surface area contributed by atoms with Crippen LogP contribution in [0, 0.1) is 5.92 Å². The monoisotopic (exact) mass is 308 g/mol. The van der Waals surface area contributed by atoms with Gasteiger partial charge in [-0.1, -0.05) is 52.0 Å². The van der Waals surface area contributed by atoms with E-state index in [9.17, 15) is 5.11 Å². The Hall–Kier alpha value is -0.540. The standard InChI is InChI=1S/C19H36N2O/c1-3-18(21-17-12-8-5-9-13-17)19(22)15(2)20-14-16-10-6-4-7-11-16/h16-22H,2-14H2,1H3. The summed E-state index contributed by atoms with van der Waals surface area (Å²) in [5.74, 6) is 0.768. The molecule has 128 valence electrons. The number of hydrogen-bond acceptors (Lipinski definition) is 3. The molecule has 0 amide bonds. The van der Waals surface area contributed by atoms with Crippen molar-refractivity contribution >= 4 is 0 Å². The van der Waals surface area contributed by atoms with Crippen LogP contribution in [0.2, 0.25) is 0 Å². The molecule has 2 atom stereocenters. The van der Waals surface area contributed by atoms with Gasteiger partial charge in [-0.15, -0.1) is 0 Å². The molecule has 0 heterocycles. The molecule has 0 aromatic heterocycles. The van der Waals surface area contributed by atoms with E-state index in [4.69, 9.17) is 0 Å². The summed E-state index contributed by atoms with van der Waals surface area (Å²) in [6.07, 6.45) is 13.8. The number of nitrogens with one attached hydrogen (secondary N) is 2. The van der Waals surface area contributed by atoms with Gasteiger partial charge in [0.15, 0.2) is 0 Å². The molecule has 3 nitrogen and oxygen atoms in total. The van der Waals surface area contributed by atoms with Crippen molar-refractivity contribution in [1.82, 2.24) is 10.6 Å². The topological polar surface area (TPSA) is 44.3 Å². The maximum atomic E-state index is 10.6. The molecule has 22 heavy (non-hydrogen) atoms. The fraction of sp³-hybridized carbons (Fsp3) is 0.895. The number of rotatable bonds is 8. The molecule has 0 spiro atoms. The Bertz CT molecular complexity index is 319. The summed E-state index contributed by atoms with van der Waals surface area (Å²) in [5, 5.41) is 17.7. The third-order valence-electron chi connectivity index (χ3n) is 5.58. The molecule has 0 aromatic carbocycles. The van der Waals surface area contributed by atoms with Gasteiger partial charge in [-0.2, -0.15) is 0 Å². The second-order valence-electron chi connectivity index (χ2n) is 7.37. The van der Waals surface area contributed by atoms with Crippen LogP contribution >= 0.6 is 0 Å². The summed E-state index contributed by atoms with van der Waals surface area (Å²) in [6.45, 7) is 7.23. The van der Waals surface area contributed by atoms with Crippen LogP contribution in [-0.4, -0.2) is 29.8 Å². The summed E-state index contributed by atoms with van der Waals surface area (Å²) >= 11 is 0. The van der Waals surface area contributed by atoms with Gasteiger partial charge >= 0.3 is 0 Å². The van der Waals surface area contributed by atoms with Crippen LogP contribution in [0.15, 0.2) is 12.3 Å². The minimum absolute atomic E-state index is 0.134. The molecule has 0 saturated heterocycles. The van der Waals surface area contributed by atoms with E-state index in [1.165, 1.54) is 64.2 Å². The molecule has 3 heteroatoms. The second-order valence-corrected chi connectivity index (χ2v) is 7.37. The van der Waals surface area contributed by atoms with E-state index >= 15 is 0 Å². The third-order valence-corrected chi connectivity index (χ3v) is 5.58. The first-order valence-electron chi connectivity index (χ1n) is 9.57. The molecule has 2 rings (SSSR count). The zero-order valence-electron chi connectivity index (χ0n) is 14.4. The lowest BCUT2D eigenvalue weighted by atomic mass is 9.89. The first kappa shape index (κ1) is 17.8. The number of aliphatic hydroxyl groups excluding tert-OH is 1.